The van der Waals surface area contributed by atoms with Crippen LogP contribution in [0.15, 0.2) is 30.6 Å². The molecule has 3 rings (SSSR count). The molecular formula is C17H23N5O. The molecule has 1 fully saturated rings. The quantitative estimate of drug-likeness (QED) is 0.823. The molecule has 0 amide bonds. The third-order valence-corrected chi connectivity index (χ3v) is 3.86. The van der Waals surface area contributed by atoms with Crippen molar-refractivity contribution in [1.82, 2.24) is 19.9 Å². The molecule has 0 aromatic carbocycles. The summed E-state index contributed by atoms with van der Waals surface area (Å²) in [5.74, 6) is 1.64. The summed E-state index contributed by atoms with van der Waals surface area (Å²) in [6.45, 7) is 7.70. The lowest BCUT2D eigenvalue weighted by Crippen LogP contribution is -2.37. The predicted molar refractivity (Wildman–Crippen MR) is 90.4 cm³/mol. The first kappa shape index (κ1) is 15.8. The van der Waals surface area contributed by atoms with Gasteiger partial charge in [0, 0.05) is 43.7 Å². The average Bonchev–Trinajstić information content (AvgIpc) is 2.60. The molecule has 122 valence electrons. The number of nitrogens with one attached hydrogen (secondary N) is 1. The molecule has 1 aliphatic heterocycles. The molecule has 1 saturated heterocycles. The van der Waals surface area contributed by atoms with E-state index in [1.165, 1.54) is 0 Å². The maximum Gasteiger partial charge on any atom is 0.130 e. The van der Waals surface area contributed by atoms with E-state index >= 15 is 0 Å². The highest BCUT2D eigenvalue weighted by atomic mass is 16.5. The van der Waals surface area contributed by atoms with Crippen molar-refractivity contribution in [1.29, 1.82) is 0 Å². The van der Waals surface area contributed by atoms with Crippen LogP contribution < -0.4 is 5.32 Å². The molecule has 2 aromatic heterocycles. The van der Waals surface area contributed by atoms with Gasteiger partial charge in [0.15, 0.2) is 0 Å². The van der Waals surface area contributed by atoms with Crippen LogP contribution in [0, 0.1) is 6.92 Å². The molecular weight excluding hydrogens is 290 g/mol. The number of morpholine rings is 1. The number of ether oxygens (including phenoxy) is 1. The molecule has 1 N–H and O–H groups in total. The van der Waals surface area contributed by atoms with Crippen LogP contribution >= 0.6 is 0 Å². The fraction of sp³-hybridized carbons (Fsp3) is 0.471. The second-order valence-corrected chi connectivity index (χ2v) is 5.66. The number of aromatic nitrogens is 3. The van der Waals surface area contributed by atoms with Crippen molar-refractivity contribution in [2.45, 2.75) is 13.3 Å². The number of anilines is 1. The van der Waals surface area contributed by atoms with Gasteiger partial charge in [0.05, 0.1) is 18.9 Å². The molecule has 0 unspecified atom stereocenters. The second-order valence-electron chi connectivity index (χ2n) is 5.66. The van der Waals surface area contributed by atoms with E-state index in [2.05, 4.69) is 25.2 Å². The van der Waals surface area contributed by atoms with Crippen LogP contribution in [0.5, 0.6) is 0 Å². The molecule has 6 nitrogen and oxygen atoms in total. The van der Waals surface area contributed by atoms with Gasteiger partial charge in [-0.05, 0) is 32.0 Å². The Morgan fingerprint density at radius 2 is 2.13 bits per heavy atom. The van der Waals surface area contributed by atoms with Crippen LogP contribution in [0.1, 0.15) is 12.2 Å². The van der Waals surface area contributed by atoms with Crippen LogP contribution in [-0.2, 0) is 4.74 Å². The third kappa shape index (κ3) is 4.71. The molecule has 0 aliphatic carbocycles. The van der Waals surface area contributed by atoms with Gasteiger partial charge in [0.1, 0.15) is 11.6 Å². The van der Waals surface area contributed by atoms with Crippen LogP contribution in [0.25, 0.3) is 11.3 Å². The lowest BCUT2D eigenvalue weighted by Gasteiger charge is -2.26. The van der Waals surface area contributed by atoms with Gasteiger partial charge in [-0.15, -0.1) is 0 Å². The molecule has 1 aliphatic rings. The van der Waals surface area contributed by atoms with Gasteiger partial charge in [-0.3, -0.25) is 9.88 Å². The molecule has 0 saturated carbocycles. The number of hydrogen-bond acceptors (Lipinski definition) is 6. The van der Waals surface area contributed by atoms with Crippen molar-refractivity contribution in [3.05, 3.63) is 36.4 Å². The summed E-state index contributed by atoms with van der Waals surface area (Å²) in [6, 6.07) is 5.91. The minimum Gasteiger partial charge on any atom is -0.379 e. The van der Waals surface area contributed by atoms with E-state index < -0.39 is 0 Å². The summed E-state index contributed by atoms with van der Waals surface area (Å²) < 4.78 is 5.36. The number of aryl methyl sites for hydroxylation is 1. The Morgan fingerprint density at radius 3 is 2.91 bits per heavy atom. The fourth-order valence-electron chi connectivity index (χ4n) is 2.66. The Hall–Kier alpha value is -2.05. The van der Waals surface area contributed by atoms with Gasteiger partial charge in [-0.25, -0.2) is 9.97 Å². The minimum atomic E-state index is 0.766. The number of pyridine rings is 1. The lowest BCUT2D eigenvalue weighted by molar-refractivity contribution is 0.0378. The fourth-order valence-corrected chi connectivity index (χ4v) is 2.66. The number of rotatable bonds is 6. The van der Waals surface area contributed by atoms with Crippen LogP contribution in [-0.4, -0.2) is 59.2 Å². The van der Waals surface area contributed by atoms with Crippen molar-refractivity contribution < 1.29 is 4.74 Å². The lowest BCUT2D eigenvalue weighted by atomic mass is 10.2. The molecule has 0 radical (unpaired) electrons. The van der Waals surface area contributed by atoms with Crippen LogP contribution in [0.4, 0.5) is 5.82 Å². The summed E-state index contributed by atoms with van der Waals surface area (Å²) in [5.41, 5.74) is 1.91. The van der Waals surface area contributed by atoms with E-state index in [4.69, 9.17) is 4.74 Å². The van der Waals surface area contributed by atoms with E-state index in [-0.39, 0.29) is 0 Å². The molecule has 0 atom stereocenters. The largest absolute Gasteiger partial charge is 0.379 e. The summed E-state index contributed by atoms with van der Waals surface area (Å²) in [7, 11) is 0. The van der Waals surface area contributed by atoms with Gasteiger partial charge in [0.2, 0.25) is 0 Å². The molecule has 6 heteroatoms. The molecule has 3 heterocycles. The molecule has 23 heavy (non-hydrogen) atoms. The van der Waals surface area contributed by atoms with Crippen LogP contribution in [0.2, 0.25) is 0 Å². The first-order valence-corrected chi connectivity index (χ1v) is 8.11. The topological polar surface area (TPSA) is 63.2 Å². The van der Waals surface area contributed by atoms with Crippen molar-refractivity contribution in [3.63, 3.8) is 0 Å². The zero-order chi connectivity index (χ0) is 15.9. The summed E-state index contributed by atoms with van der Waals surface area (Å²) in [6.07, 6.45) is 4.68. The minimum absolute atomic E-state index is 0.766. The first-order valence-electron chi connectivity index (χ1n) is 8.11. The maximum absolute atomic E-state index is 5.36. The standard InChI is InChI=1S/C17H23N5O/c1-14-20-16(15-4-2-5-18-13-15)12-17(21-14)19-6-3-7-22-8-10-23-11-9-22/h2,4-5,12-13H,3,6-11H2,1H3,(H,19,20,21). The molecule has 0 spiro atoms. The van der Waals surface area contributed by atoms with Crippen LogP contribution in [0.3, 0.4) is 0 Å². The monoisotopic (exact) mass is 313 g/mol. The highest BCUT2D eigenvalue weighted by Gasteiger charge is 2.09. The smallest absolute Gasteiger partial charge is 0.130 e. The Kier molecular flexibility index (Phi) is 5.50. The normalized spacial score (nSPS) is 15.5. The SMILES string of the molecule is Cc1nc(NCCCN2CCOCC2)cc(-c2cccnc2)n1. The van der Waals surface area contributed by atoms with Gasteiger partial charge in [-0.1, -0.05) is 0 Å². The molecule has 0 bridgehead atoms. The second kappa shape index (κ2) is 7.99. The number of nitrogens with zero attached hydrogens (tertiary/aromatic N) is 4. The van der Waals surface area contributed by atoms with Gasteiger partial charge in [-0.2, -0.15) is 0 Å². The summed E-state index contributed by atoms with van der Waals surface area (Å²) >= 11 is 0. The zero-order valence-corrected chi connectivity index (χ0v) is 13.5. The predicted octanol–water partition coefficient (Wildman–Crippen LogP) is 1.98. The van der Waals surface area contributed by atoms with E-state index in [0.29, 0.717) is 0 Å². The van der Waals surface area contributed by atoms with E-state index in [1.807, 2.05) is 31.3 Å². The third-order valence-electron chi connectivity index (χ3n) is 3.86. The van der Waals surface area contributed by atoms with Crippen molar-refractivity contribution in [3.8, 4) is 11.3 Å². The van der Waals surface area contributed by atoms with Crippen molar-refractivity contribution >= 4 is 5.82 Å². The summed E-state index contributed by atoms with van der Waals surface area (Å²) in [5, 5.41) is 3.41. The number of hydrogen-bond donors (Lipinski definition) is 1. The van der Waals surface area contributed by atoms with Gasteiger partial charge in [0.25, 0.3) is 0 Å². The first-order chi connectivity index (χ1) is 11.3. The summed E-state index contributed by atoms with van der Waals surface area (Å²) in [4.78, 5) is 15.6. The Balaban J connectivity index is 1.54. The van der Waals surface area contributed by atoms with Gasteiger partial charge < -0.3 is 10.1 Å². The highest BCUT2D eigenvalue weighted by Crippen LogP contribution is 2.18. The Bertz CT molecular complexity index is 614. The van der Waals surface area contributed by atoms with E-state index in [9.17, 15) is 0 Å². The average molecular weight is 313 g/mol. The Labute approximate surface area is 136 Å². The molecule has 2 aromatic rings. The maximum atomic E-state index is 5.36. The van der Waals surface area contributed by atoms with E-state index in [1.54, 1.807) is 6.20 Å². The van der Waals surface area contributed by atoms with Crippen molar-refractivity contribution in [2.24, 2.45) is 0 Å². The highest BCUT2D eigenvalue weighted by molar-refractivity contribution is 5.61. The van der Waals surface area contributed by atoms with E-state index in [0.717, 1.165) is 68.7 Å². The van der Waals surface area contributed by atoms with Crippen molar-refractivity contribution in [2.75, 3.05) is 44.7 Å². The Morgan fingerprint density at radius 1 is 1.26 bits per heavy atom. The zero-order valence-electron chi connectivity index (χ0n) is 13.5. The van der Waals surface area contributed by atoms with Gasteiger partial charge >= 0.3 is 0 Å².